The number of morpholine rings is 1. The van der Waals surface area contributed by atoms with Gasteiger partial charge in [0.25, 0.3) is 5.91 Å². The van der Waals surface area contributed by atoms with Gasteiger partial charge in [-0.1, -0.05) is 38.8 Å². The lowest BCUT2D eigenvalue weighted by atomic mass is 10.1. The van der Waals surface area contributed by atoms with Gasteiger partial charge in [-0.2, -0.15) is 0 Å². The predicted octanol–water partition coefficient (Wildman–Crippen LogP) is 5.47. The van der Waals surface area contributed by atoms with Crippen molar-refractivity contribution in [1.82, 2.24) is 20.3 Å². The molecule has 0 spiro atoms. The molecule has 1 amide bonds. The molecule has 208 valence electrons. The Morgan fingerprint density at radius 1 is 1.02 bits per heavy atom. The molecule has 8 nitrogen and oxygen atoms in total. The monoisotopic (exact) mass is 556 g/mol. The van der Waals surface area contributed by atoms with E-state index in [0.717, 1.165) is 65.5 Å². The number of anilines is 2. The summed E-state index contributed by atoms with van der Waals surface area (Å²) in [5.41, 5.74) is 5.99. The summed E-state index contributed by atoms with van der Waals surface area (Å²) in [4.78, 5) is 29.4. The van der Waals surface area contributed by atoms with Crippen LogP contribution >= 0.6 is 12.8 Å². The Bertz CT molecular complexity index is 1500. The molecule has 0 radical (unpaired) electrons. The number of carbonyl (C=O) groups excluding carboxylic acids is 1. The predicted molar refractivity (Wildman–Crippen MR) is 164 cm³/mol. The molecule has 1 saturated heterocycles. The number of carbonyl (C=O) groups is 1. The quantitative estimate of drug-likeness (QED) is 0.316. The van der Waals surface area contributed by atoms with Crippen LogP contribution in [0, 0.1) is 0 Å². The summed E-state index contributed by atoms with van der Waals surface area (Å²) in [6, 6.07) is 17.7. The molecule has 1 fully saturated rings. The highest BCUT2D eigenvalue weighted by Gasteiger charge is 2.23. The first-order chi connectivity index (χ1) is 19.4. The van der Waals surface area contributed by atoms with Gasteiger partial charge in [0.15, 0.2) is 0 Å². The molecule has 5 heterocycles. The minimum atomic E-state index is -0.141. The molecule has 0 saturated carbocycles. The molecular formula is C31H36N6O2S. The fourth-order valence-corrected chi connectivity index (χ4v) is 5.47. The van der Waals surface area contributed by atoms with E-state index in [2.05, 4.69) is 41.9 Å². The van der Waals surface area contributed by atoms with E-state index in [0.29, 0.717) is 12.1 Å². The molecule has 3 aromatic heterocycles. The summed E-state index contributed by atoms with van der Waals surface area (Å²) in [7, 11) is 0. The molecular weight excluding hydrogens is 520 g/mol. The van der Waals surface area contributed by atoms with E-state index in [-0.39, 0.29) is 18.1 Å². The first kappa shape index (κ1) is 27.9. The van der Waals surface area contributed by atoms with Crippen molar-refractivity contribution >= 4 is 41.1 Å². The summed E-state index contributed by atoms with van der Waals surface area (Å²) < 4.78 is 7.76. The molecule has 1 aromatic carbocycles. The summed E-state index contributed by atoms with van der Waals surface area (Å²) in [6.45, 7) is 11.0. The largest absolute Gasteiger partial charge is 0.372 e. The topological polar surface area (TPSA) is 83.5 Å². The number of pyridine rings is 3. The third-order valence-corrected chi connectivity index (χ3v) is 7.43. The number of aromatic nitrogens is 3. The minimum Gasteiger partial charge on any atom is -0.372 e. The second kappa shape index (κ2) is 12.2. The Kier molecular flexibility index (Phi) is 8.52. The van der Waals surface area contributed by atoms with Crippen molar-refractivity contribution in [2.75, 3.05) is 28.8 Å². The minimum absolute atomic E-state index is 0.141. The Morgan fingerprint density at radius 2 is 1.80 bits per heavy atom. The summed E-state index contributed by atoms with van der Waals surface area (Å²) in [5.74, 6) is 0.787. The number of nitrogens with zero attached hydrogens (tertiary/aromatic N) is 5. The lowest BCUT2D eigenvalue weighted by Crippen LogP contribution is -2.45. The van der Waals surface area contributed by atoms with Crippen molar-refractivity contribution in [2.24, 2.45) is 0 Å². The van der Waals surface area contributed by atoms with Crippen molar-refractivity contribution < 1.29 is 9.53 Å². The Labute approximate surface area is 241 Å². The van der Waals surface area contributed by atoms with Crippen molar-refractivity contribution in [3.8, 4) is 11.4 Å². The van der Waals surface area contributed by atoms with E-state index in [4.69, 9.17) is 14.7 Å². The maximum Gasteiger partial charge on any atom is 0.251 e. The third kappa shape index (κ3) is 6.05. The van der Waals surface area contributed by atoms with Crippen LogP contribution in [-0.4, -0.2) is 52.7 Å². The molecule has 2 aliphatic rings. The summed E-state index contributed by atoms with van der Waals surface area (Å²) in [5, 5.41) is 3.92. The fourth-order valence-electron chi connectivity index (χ4n) is 5.18. The van der Waals surface area contributed by atoms with Crippen LogP contribution in [0.1, 0.15) is 49.3 Å². The Morgan fingerprint density at radius 3 is 2.60 bits per heavy atom. The van der Waals surface area contributed by atoms with Crippen LogP contribution in [0.2, 0.25) is 0 Å². The average molecular weight is 557 g/mol. The zero-order valence-electron chi connectivity index (χ0n) is 23.5. The standard InChI is InChI=1S/C29H30N6O2S.C2H6/c1-18-16-34(17-19(2)37-18)28-5-3-4-24(33-28)25-9-8-22-14-30-23(13-26(22)32-25)15-31-29(36)21-7-6-20-10-11-35(38)27(20)12-21;1-2/h3-9,12-14,18-19,38H,10-11,15-17H2,1-2H3,(H,31,36);1-2H3/t18-,19?;/m1./s1. The number of nitrogens with one attached hydrogen (secondary N) is 1. The van der Waals surface area contributed by atoms with Gasteiger partial charge in [-0.15, -0.1) is 0 Å². The zero-order valence-corrected chi connectivity index (χ0v) is 24.4. The number of hydrogen-bond donors (Lipinski definition) is 2. The number of ether oxygens (including phenoxy) is 1. The maximum absolute atomic E-state index is 12.8. The van der Waals surface area contributed by atoms with Gasteiger partial charge in [-0.05, 0) is 68.3 Å². The normalized spacial score (nSPS) is 18.2. The summed E-state index contributed by atoms with van der Waals surface area (Å²) in [6.07, 6.45) is 3.06. The highest BCUT2D eigenvalue weighted by atomic mass is 32.1. The molecule has 9 heteroatoms. The van der Waals surface area contributed by atoms with Gasteiger partial charge < -0.3 is 19.3 Å². The van der Waals surface area contributed by atoms with Crippen molar-refractivity contribution in [1.29, 1.82) is 0 Å². The highest BCUT2D eigenvalue weighted by Crippen LogP contribution is 2.30. The van der Waals surface area contributed by atoms with Gasteiger partial charge in [0.1, 0.15) is 5.82 Å². The lowest BCUT2D eigenvalue weighted by Gasteiger charge is -2.36. The van der Waals surface area contributed by atoms with Crippen LogP contribution < -0.4 is 14.5 Å². The second-order valence-electron chi connectivity index (χ2n) is 10.0. The average Bonchev–Trinajstić information content (AvgIpc) is 3.36. The van der Waals surface area contributed by atoms with Gasteiger partial charge in [-0.3, -0.25) is 9.78 Å². The zero-order chi connectivity index (χ0) is 28.2. The molecule has 4 aromatic rings. The number of thiol groups is 1. The van der Waals surface area contributed by atoms with Crippen molar-refractivity contribution in [3.63, 3.8) is 0 Å². The van der Waals surface area contributed by atoms with Crippen LogP contribution in [0.3, 0.4) is 0 Å². The fraction of sp³-hybridized carbons (Fsp3) is 0.355. The van der Waals surface area contributed by atoms with Crippen LogP contribution in [0.15, 0.2) is 60.8 Å². The Hall–Kier alpha value is -3.69. The SMILES string of the molecule is CC.CC1CN(c2cccc(-c3ccc4cnc(CNC(=O)c5ccc6c(c5)N(S)CC6)cc4n3)n2)C[C@@H](C)O1. The first-order valence-electron chi connectivity index (χ1n) is 13.9. The molecule has 2 atom stereocenters. The Balaban J connectivity index is 0.00000158. The number of rotatable bonds is 5. The van der Waals surface area contributed by atoms with E-state index in [1.54, 1.807) is 6.20 Å². The van der Waals surface area contributed by atoms with Crippen molar-refractivity contribution in [2.45, 2.75) is 52.9 Å². The number of benzene rings is 1. The van der Waals surface area contributed by atoms with Gasteiger partial charge in [0.2, 0.25) is 0 Å². The van der Waals surface area contributed by atoms with Crippen molar-refractivity contribution in [3.05, 3.63) is 77.6 Å². The maximum atomic E-state index is 12.8. The highest BCUT2D eigenvalue weighted by molar-refractivity contribution is 7.81. The number of hydrogen-bond acceptors (Lipinski definition) is 8. The number of fused-ring (bicyclic) bond motifs is 2. The van der Waals surface area contributed by atoms with Gasteiger partial charge in [0.05, 0.1) is 47.0 Å². The number of amides is 1. The van der Waals surface area contributed by atoms with E-state index in [1.165, 1.54) is 5.56 Å². The second-order valence-corrected chi connectivity index (χ2v) is 10.5. The van der Waals surface area contributed by atoms with Crippen LogP contribution in [-0.2, 0) is 17.7 Å². The molecule has 1 N–H and O–H groups in total. The van der Waals surface area contributed by atoms with E-state index >= 15 is 0 Å². The molecule has 0 bridgehead atoms. The first-order valence-corrected chi connectivity index (χ1v) is 14.3. The van der Waals surface area contributed by atoms with Gasteiger partial charge in [-0.25, -0.2) is 9.97 Å². The van der Waals surface area contributed by atoms with Crippen LogP contribution in [0.5, 0.6) is 0 Å². The molecule has 2 aliphatic heterocycles. The smallest absolute Gasteiger partial charge is 0.251 e. The van der Waals surface area contributed by atoms with Crippen LogP contribution in [0.25, 0.3) is 22.3 Å². The molecule has 40 heavy (non-hydrogen) atoms. The van der Waals surface area contributed by atoms with E-state index in [1.807, 2.05) is 72.7 Å². The van der Waals surface area contributed by atoms with E-state index < -0.39 is 0 Å². The lowest BCUT2D eigenvalue weighted by molar-refractivity contribution is -0.00545. The molecule has 1 unspecified atom stereocenters. The van der Waals surface area contributed by atoms with Gasteiger partial charge >= 0.3 is 0 Å². The third-order valence-electron chi connectivity index (χ3n) is 7.02. The van der Waals surface area contributed by atoms with E-state index in [9.17, 15) is 4.79 Å². The molecule has 6 rings (SSSR count). The molecule has 0 aliphatic carbocycles. The summed E-state index contributed by atoms with van der Waals surface area (Å²) >= 11 is 4.48. The van der Waals surface area contributed by atoms with Gasteiger partial charge in [0, 0.05) is 36.8 Å². The van der Waals surface area contributed by atoms with Crippen LogP contribution in [0.4, 0.5) is 11.5 Å².